The van der Waals surface area contributed by atoms with E-state index in [0.717, 1.165) is 0 Å². The second-order valence-corrected chi connectivity index (χ2v) is 5.48. The van der Waals surface area contributed by atoms with E-state index in [1.165, 1.54) is 6.92 Å². The van der Waals surface area contributed by atoms with Crippen molar-refractivity contribution >= 4 is 5.97 Å². The van der Waals surface area contributed by atoms with Gasteiger partial charge in [-0.1, -0.05) is 13.8 Å². The molecule has 3 atom stereocenters. The summed E-state index contributed by atoms with van der Waals surface area (Å²) in [5, 5.41) is 37.5. The van der Waals surface area contributed by atoms with E-state index in [1.807, 2.05) is 13.8 Å². The second kappa shape index (κ2) is 7.08. The lowest BCUT2D eigenvalue weighted by Crippen LogP contribution is -2.48. The van der Waals surface area contributed by atoms with E-state index in [2.05, 4.69) is 4.89 Å². The zero-order valence-electron chi connectivity index (χ0n) is 12.3. The highest BCUT2D eigenvalue weighted by Gasteiger charge is 2.56. The van der Waals surface area contributed by atoms with Crippen molar-refractivity contribution in [1.82, 2.24) is 0 Å². The predicted octanol–water partition coefficient (Wildman–Crippen LogP) is -0.220. The molecule has 122 valence electrons. The Kier molecular flexibility index (Phi) is 5.97. The lowest BCUT2D eigenvalue weighted by molar-refractivity contribution is -0.241. The van der Waals surface area contributed by atoms with Crippen LogP contribution in [0.3, 0.4) is 0 Å². The Labute approximate surface area is 122 Å². The van der Waals surface area contributed by atoms with Gasteiger partial charge in [0.2, 0.25) is 11.4 Å². The van der Waals surface area contributed by atoms with Gasteiger partial charge in [-0.05, 0) is 19.3 Å². The molecule has 8 nitrogen and oxygen atoms in total. The molecule has 0 aliphatic carbocycles. The van der Waals surface area contributed by atoms with Gasteiger partial charge in [0.15, 0.2) is 0 Å². The molecule has 1 aliphatic rings. The molecule has 0 saturated carbocycles. The minimum atomic E-state index is -1.72. The quantitative estimate of drug-likeness (QED) is 0.275. The Balaban J connectivity index is 3.21. The Morgan fingerprint density at radius 2 is 1.90 bits per heavy atom. The van der Waals surface area contributed by atoms with Crippen LogP contribution in [0, 0.1) is 5.92 Å². The highest BCUT2D eigenvalue weighted by Crippen LogP contribution is 2.41. The Morgan fingerprint density at radius 3 is 2.33 bits per heavy atom. The maximum atomic E-state index is 11.9. The van der Waals surface area contributed by atoms with Crippen molar-refractivity contribution in [2.45, 2.75) is 45.0 Å². The summed E-state index contributed by atoms with van der Waals surface area (Å²) in [5.41, 5.74) is -1.72. The molecule has 1 heterocycles. The monoisotopic (exact) mass is 306 g/mol. The SMILES string of the molecule is CC(C)C[C@]1([C@@H](O)CO)OC(=O)C(OCC(C)O)=C1OO. The molecule has 21 heavy (non-hydrogen) atoms. The maximum Gasteiger partial charge on any atom is 0.378 e. The van der Waals surface area contributed by atoms with Gasteiger partial charge in [-0.15, -0.1) is 0 Å². The first-order valence-corrected chi connectivity index (χ1v) is 6.67. The van der Waals surface area contributed by atoms with Crippen molar-refractivity contribution in [3.8, 4) is 0 Å². The predicted molar refractivity (Wildman–Crippen MR) is 69.7 cm³/mol. The molecule has 4 N–H and O–H groups in total. The van der Waals surface area contributed by atoms with E-state index in [0.29, 0.717) is 0 Å². The molecule has 0 bridgehead atoms. The normalized spacial score (nSPS) is 25.0. The van der Waals surface area contributed by atoms with Gasteiger partial charge in [-0.3, -0.25) is 0 Å². The average Bonchev–Trinajstić information content (AvgIpc) is 2.66. The highest BCUT2D eigenvalue weighted by atomic mass is 17.1. The lowest BCUT2D eigenvalue weighted by atomic mass is 9.86. The first kappa shape index (κ1) is 17.7. The van der Waals surface area contributed by atoms with E-state index in [-0.39, 0.29) is 18.9 Å². The van der Waals surface area contributed by atoms with Crippen LogP contribution < -0.4 is 0 Å². The Hall–Kier alpha value is -1.35. The summed E-state index contributed by atoms with van der Waals surface area (Å²) in [4.78, 5) is 16.1. The van der Waals surface area contributed by atoms with Gasteiger partial charge < -0.3 is 29.7 Å². The average molecular weight is 306 g/mol. The molecule has 0 fully saturated rings. The third-order valence-corrected chi connectivity index (χ3v) is 3.03. The van der Waals surface area contributed by atoms with Crippen LogP contribution in [0.2, 0.25) is 0 Å². The van der Waals surface area contributed by atoms with E-state index in [9.17, 15) is 20.1 Å². The lowest BCUT2D eigenvalue weighted by Gasteiger charge is -2.33. The van der Waals surface area contributed by atoms with Crippen LogP contribution >= 0.6 is 0 Å². The topological polar surface area (TPSA) is 126 Å². The van der Waals surface area contributed by atoms with Crippen LogP contribution in [-0.4, -0.2) is 57.6 Å². The molecule has 0 saturated heterocycles. The van der Waals surface area contributed by atoms with Crippen LogP contribution in [0.5, 0.6) is 0 Å². The number of ether oxygens (including phenoxy) is 2. The van der Waals surface area contributed by atoms with Crippen molar-refractivity contribution in [1.29, 1.82) is 0 Å². The van der Waals surface area contributed by atoms with E-state index in [1.54, 1.807) is 0 Å². The standard InChI is InChI=1S/C13H22O8/c1-7(2)4-13(9(16)5-14)11(21-18)10(12(17)20-13)19-6-8(3)15/h7-9,14-16,18H,4-6H2,1-3H3/t8?,9-,13+/m0/s1. The first-order chi connectivity index (χ1) is 9.78. The third kappa shape index (κ3) is 3.65. The van der Waals surface area contributed by atoms with Gasteiger partial charge in [0.1, 0.15) is 12.7 Å². The molecule has 0 aromatic rings. The Morgan fingerprint density at radius 1 is 1.29 bits per heavy atom. The van der Waals surface area contributed by atoms with Crippen LogP contribution in [-0.2, 0) is 19.2 Å². The number of carbonyl (C=O) groups is 1. The van der Waals surface area contributed by atoms with Crippen LogP contribution in [0.15, 0.2) is 11.5 Å². The zero-order valence-corrected chi connectivity index (χ0v) is 12.3. The van der Waals surface area contributed by atoms with Gasteiger partial charge in [-0.2, -0.15) is 0 Å². The smallest absolute Gasteiger partial charge is 0.378 e. The largest absolute Gasteiger partial charge is 0.481 e. The van der Waals surface area contributed by atoms with Crippen molar-refractivity contribution < 1.29 is 39.7 Å². The fourth-order valence-corrected chi connectivity index (χ4v) is 2.23. The third-order valence-electron chi connectivity index (χ3n) is 3.03. The van der Waals surface area contributed by atoms with Gasteiger partial charge in [-0.25, -0.2) is 10.1 Å². The molecule has 0 aromatic heterocycles. The molecule has 8 heteroatoms. The molecule has 0 amide bonds. The Bertz CT molecular complexity index is 403. The summed E-state index contributed by atoms with van der Waals surface area (Å²) in [7, 11) is 0. The van der Waals surface area contributed by atoms with Crippen molar-refractivity contribution in [2.24, 2.45) is 5.92 Å². The van der Waals surface area contributed by atoms with E-state index in [4.69, 9.17) is 14.7 Å². The van der Waals surface area contributed by atoms with Gasteiger partial charge >= 0.3 is 5.97 Å². The second-order valence-electron chi connectivity index (χ2n) is 5.48. The maximum absolute atomic E-state index is 11.9. The molecule has 1 unspecified atom stereocenters. The first-order valence-electron chi connectivity index (χ1n) is 6.67. The number of cyclic esters (lactones) is 1. The zero-order chi connectivity index (χ0) is 16.2. The minimum absolute atomic E-state index is 0.0414. The van der Waals surface area contributed by atoms with Gasteiger partial charge in [0.25, 0.3) is 5.76 Å². The molecular weight excluding hydrogens is 284 g/mol. The van der Waals surface area contributed by atoms with E-state index < -0.39 is 41.9 Å². The molecule has 0 aromatic carbocycles. The molecular formula is C13H22O8. The molecule has 0 spiro atoms. The number of hydrogen-bond acceptors (Lipinski definition) is 8. The van der Waals surface area contributed by atoms with Crippen molar-refractivity contribution in [2.75, 3.05) is 13.2 Å². The summed E-state index contributed by atoms with van der Waals surface area (Å²) < 4.78 is 10.2. The molecule has 1 aliphatic heterocycles. The fourth-order valence-electron chi connectivity index (χ4n) is 2.23. The fraction of sp³-hybridized carbons (Fsp3) is 0.769. The summed E-state index contributed by atoms with van der Waals surface area (Å²) in [6.07, 6.45) is -2.23. The minimum Gasteiger partial charge on any atom is -0.481 e. The number of rotatable bonds is 8. The van der Waals surface area contributed by atoms with Crippen molar-refractivity contribution in [3.05, 3.63) is 11.5 Å². The number of esters is 1. The van der Waals surface area contributed by atoms with Crippen LogP contribution in [0.25, 0.3) is 0 Å². The van der Waals surface area contributed by atoms with Gasteiger partial charge in [0, 0.05) is 0 Å². The highest BCUT2D eigenvalue weighted by molar-refractivity contribution is 5.90. The summed E-state index contributed by atoms with van der Waals surface area (Å²) in [6, 6.07) is 0. The summed E-state index contributed by atoms with van der Waals surface area (Å²) in [5.74, 6) is -1.80. The van der Waals surface area contributed by atoms with Crippen LogP contribution in [0.1, 0.15) is 27.2 Å². The number of hydrogen-bond donors (Lipinski definition) is 4. The van der Waals surface area contributed by atoms with Crippen LogP contribution in [0.4, 0.5) is 0 Å². The number of aliphatic hydroxyl groups excluding tert-OH is 3. The van der Waals surface area contributed by atoms with Gasteiger partial charge in [0.05, 0.1) is 12.7 Å². The molecule has 0 radical (unpaired) electrons. The summed E-state index contributed by atoms with van der Waals surface area (Å²) in [6.45, 7) is 4.15. The van der Waals surface area contributed by atoms with Crippen molar-refractivity contribution in [3.63, 3.8) is 0 Å². The molecule has 1 rings (SSSR count). The summed E-state index contributed by atoms with van der Waals surface area (Å²) >= 11 is 0. The number of carbonyl (C=O) groups excluding carboxylic acids is 1. The van der Waals surface area contributed by atoms with E-state index >= 15 is 0 Å². The number of aliphatic hydroxyl groups is 3.